The van der Waals surface area contributed by atoms with Crippen molar-refractivity contribution < 1.29 is 17.9 Å². The van der Waals surface area contributed by atoms with E-state index in [0.717, 1.165) is 42.4 Å². The number of nitrogens with zero attached hydrogens (tertiary/aromatic N) is 3. The summed E-state index contributed by atoms with van der Waals surface area (Å²) in [6, 6.07) is 15.1. The molecule has 1 aliphatic rings. The molecule has 3 heterocycles. The van der Waals surface area contributed by atoms with Gasteiger partial charge in [-0.2, -0.15) is 0 Å². The van der Waals surface area contributed by atoms with Crippen LogP contribution in [-0.4, -0.2) is 61.5 Å². The number of benzene rings is 2. The number of aryl methyl sites for hydroxylation is 1. The summed E-state index contributed by atoms with van der Waals surface area (Å²) in [5, 5.41) is 8.28. The van der Waals surface area contributed by atoms with Gasteiger partial charge < -0.3 is 20.1 Å². The maximum atomic E-state index is 12.8. The van der Waals surface area contributed by atoms with Gasteiger partial charge in [0, 0.05) is 42.9 Å². The predicted octanol–water partition coefficient (Wildman–Crippen LogP) is 4.73. The SMILES string of the molecule is COC(C)CS(=O)(=O)Nc1cccc2c(Oc3ncccc3-c3ccnc(NC4CCCNC4)n3)c(C)ccc12. The molecule has 2 aromatic heterocycles. The van der Waals surface area contributed by atoms with Crippen LogP contribution in [0.5, 0.6) is 11.6 Å². The number of ether oxygens (including phenoxy) is 2. The molecule has 2 atom stereocenters. The lowest BCUT2D eigenvalue weighted by Crippen LogP contribution is -2.38. The molecule has 0 aliphatic carbocycles. The molecule has 2 aromatic carbocycles. The van der Waals surface area contributed by atoms with Crippen LogP contribution >= 0.6 is 0 Å². The molecule has 210 valence electrons. The molecule has 0 bridgehead atoms. The van der Waals surface area contributed by atoms with E-state index in [0.29, 0.717) is 34.3 Å². The fourth-order valence-electron chi connectivity index (χ4n) is 4.75. The predicted molar refractivity (Wildman–Crippen MR) is 157 cm³/mol. The van der Waals surface area contributed by atoms with Gasteiger partial charge in [-0.05, 0) is 63.1 Å². The summed E-state index contributed by atoms with van der Waals surface area (Å²) in [7, 11) is -2.14. The van der Waals surface area contributed by atoms with E-state index in [2.05, 4.69) is 25.3 Å². The summed E-state index contributed by atoms with van der Waals surface area (Å²) < 4.78 is 39.8. The Morgan fingerprint density at radius 2 is 1.95 bits per heavy atom. The van der Waals surface area contributed by atoms with E-state index in [4.69, 9.17) is 14.5 Å². The van der Waals surface area contributed by atoms with Crippen molar-refractivity contribution in [3.8, 4) is 22.9 Å². The molecule has 1 aliphatic heterocycles. The van der Waals surface area contributed by atoms with Crippen molar-refractivity contribution in [2.45, 2.75) is 38.8 Å². The molecule has 5 rings (SSSR count). The summed E-state index contributed by atoms with van der Waals surface area (Å²) in [5.41, 5.74) is 2.75. The first-order chi connectivity index (χ1) is 19.3. The second-order valence-corrected chi connectivity index (χ2v) is 11.7. The Kier molecular flexibility index (Phi) is 8.43. The third kappa shape index (κ3) is 6.49. The smallest absolute Gasteiger partial charge is 0.235 e. The molecule has 40 heavy (non-hydrogen) atoms. The number of sulfonamides is 1. The van der Waals surface area contributed by atoms with Gasteiger partial charge in [-0.15, -0.1) is 0 Å². The minimum absolute atomic E-state index is 0.153. The molecule has 2 unspecified atom stereocenters. The van der Waals surface area contributed by atoms with Crippen molar-refractivity contribution in [2.24, 2.45) is 0 Å². The third-order valence-electron chi connectivity index (χ3n) is 6.86. The van der Waals surface area contributed by atoms with Crippen LogP contribution in [0, 0.1) is 6.92 Å². The van der Waals surface area contributed by atoms with E-state index in [9.17, 15) is 8.42 Å². The lowest BCUT2D eigenvalue weighted by molar-refractivity contribution is 0.136. The van der Waals surface area contributed by atoms with E-state index in [1.54, 1.807) is 31.5 Å². The largest absolute Gasteiger partial charge is 0.437 e. The number of hydrogen-bond donors (Lipinski definition) is 3. The fraction of sp³-hybridized carbons (Fsp3) is 0.345. The van der Waals surface area contributed by atoms with Crippen molar-refractivity contribution in [3.63, 3.8) is 0 Å². The Morgan fingerprint density at radius 3 is 2.75 bits per heavy atom. The number of hydrogen-bond acceptors (Lipinski definition) is 9. The molecular weight excluding hydrogens is 528 g/mol. The van der Waals surface area contributed by atoms with Crippen molar-refractivity contribution in [1.29, 1.82) is 0 Å². The average Bonchev–Trinajstić information content (AvgIpc) is 2.95. The Labute approximate surface area is 234 Å². The van der Waals surface area contributed by atoms with E-state index in [1.165, 1.54) is 7.11 Å². The van der Waals surface area contributed by atoms with Crippen LogP contribution in [0.4, 0.5) is 11.6 Å². The zero-order chi connectivity index (χ0) is 28.1. The molecule has 10 nitrogen and oxygen atoms in total. The first-order valence-electron chi connectivity index (χ1n) is 13.3. The molecule has 4 aromatic rings. The number of aromatic nitrogens is 3. The van der Waals surface area contributed by atoms with Crippen LogP contribution in [0.2, 0.25) is 0 Å². The lowest BCUT2D eigenvalue weighted by atomic mass is 10.0. The fourth-order valence-corrected chi connectivity index (χ4v) is 6.10. The van der Waals surface area contributed by atoms with Gasteiger partial charge >= 0.3 is 0 Å². The number of pyridine rings is 1. The monoisotopic (exact) mass is 562 g/mol. The summed E-state index contributed by atoms with van der Waals surface area (Å²) in [6.07, 6.45) is 5.13. The van der Waals surface area contributed by atoms with Crippen molar-refractivity contribution in [3.05, 3.63) is 66.5 Å². The van der Waals surface area contributed by atoms with Gasteiger partial charge in [0.2, 0.25) is 21.9 Å². The van der Waals surface area contributed by atoms with Gasteiger partial charge in [0.25, 0.3) is 0 Å². The molecule has 11 heteroatoms. The molecule has 3 N–H and O–H groups in total. The average molecular weight is 563 g/mol. The third-order valence-corrected chi connectivity index (χ3v) is 8.30. The quantitative estimate of drug-likeness (QED) is 0.251. The van der Waals surface area contributed by atoms with E-state index in [1.807, 2.05) is 43.3 Å². The Balaban J connectivity index is 1.47. The standard InChI is InChI=1S/C29H34N6O4S/c1-19-11-12-22-23(8-4-10-26(22)35-40(36,37)18-20(2)38-3)27(19)39-28-24(9-6-15-31-28)25-13-16-32-29(34-25)33-21-7-5-14-30-17-21/h4,6,8-13,15-16,20-21,30,35H,5,7,14,17-18H2,1-3H3,(H,32,33,34). The maximum absolute atomic E-state index is 12.8. The van der Waals surface area contributed by atoms with Gasteiger partial charge in [-0.3, -0.25) is 4.72 Å². The first-order valence-corrected chi connectivity index (χ1v) is 15.0. The van der Waals surface area contributed by atoms with Crippen LogP contribution < -0.4 is 20.1 Å². The van der Waals surface area contributed by atoms with Crippen molar-refractivity contribution in [1.82, 2.24) is 20.3 Å². The van der Waals surface area contributed by atoms with Gasteiger partial charge in [-0.25, -0.2) is 23.4 Å². The van der Waals surface area contributed by atoms with Gasteiger partial charge in [-0.1, -0.05) is 24.3 Å². The summed E-state index contributed by atoms with van der Waals surface area (Å²) in [4.78, 5) is 13.7. The highest BCUT2D eigenvalue weighted by molar-refractivity contribution is 7.92. The van der Waals surface area contributed by atoms with E-state index in [-0.39, 0.29) is 11.8 Å². The Bertz CT molecular complexity index is 1590. The number of fused-ring (bicyclic) bond motifs is 1. The van der Waals surface area contributed by atoms with Gasteiger partial charge in [0.1, 0.15) is 5.75 Å². The highest BCUT2D eigenvalue weighted by atomic mass is 32.2. The summed E-state index contributed by atoms with van der Waals surface area (Å²) in [6.45, 7) is 5.56. The zero-order valence-corrected chi connectivity index (χ0v) is 23.7. The number of methoxy groups -OCH3 is 1. The van der Waals surface area contributed by atoms with Crippen LogP contribution in [0.1, 0.15) is 25.3 Å². The maximum Gasteiger partial charge on any atom is 0.235 e. The minimum atomic E-state index is -3.63. The van der Waals surface area contributed by atoms with Crippen LogP contribution in [0.15, 0.2) is 60.9 Å². The van der Waals surface area contributed by atoms with Crippen LogP contribution in [0.25, 0.3) is 22.0 Å². The molecule has 0 spiro atoms. The highest BCUT2D eigenvalue weighted by Gasteiger charge is 2.20. The zero-order valence-electron chi connectivity index (χ0n) is 22.8. The number of nitrogens with one attached hydrogen (secondary N) is 3. The molecule has 0 radical (unpaired) electrons. The molecule has 0 amide bonds. The number of rotatable bonds is 10. The van der Waals surface area contributed by atoms with Crippen LogP contribution in [-0.2, 0) is 14.8 Å². The second kappa shape index (κ2) is 12.2. The molecular formula is C29H34N6O4S. The molecule has 1 saturated heterocycles. The molecule has 0 saturated carbocycles. The van der Waals surface area contributed by atoms with Crippen molar-refractivity contribution >= 4 is 32.4 Å². The van der Waals surface area contributed by atoms with E-state index < -0.39 is 16.1 Å². The lowest BCUT2D eigenvalue weighted by Gasteiger charge is -2.23. The minimum Gasteiger partial charge on any atom is -0.437 e. The number of piperidine rings is 1. The number of anilines is 2. The second-order valence-electron chi connectivity index (χ2n) is 9.95. The molecule has 1 fully saturated rings. The van der Waals surface area contributed by atoms with Gasteiger partial charge in [0.15, 0.2) is 0 Å². The highest BCUT2D eigenvalue weighted by Crippen LogP contribution is 2.38. The summed E-state index contributed by atoms with van der Waals surface area (Å²) >= 11 is 0. The Hall–Kier alpha value is -3.80. The van der Waals surface area contributed by atoms with Crippen molar-refractivity contribution in [2.75, 3.05) is 36.0 Å². The Morgan fingerprint density at radius 1 is 1.07 bits per heavy atom. The van der Waals surface area contributed by atoms with Gasteiger partial charge in [0.05, 0.1) is 28.8 Å². The van der Waals surface area contributed by atoms with E-state index >= 15 is 0 Å². The summed E-state index contributed by atoms with van der Waals surface area (Å²) in [5.74, 6) is 1.38. The topological polar surface area (TPSA) is 127 Å². The normalized spacial score (nSPS) is 16.4. The first kappa shape index (κ1) is 27.8. The van der Waals surface area contributed by atoms with Crippen LogP contribution in [0.3, 0.4) is 0 Å².